The molecule has 0 spiro atoms. The second-order valence-electron chi connectivity index (χ2n) is 6.44. The number of hydrogen-bond acceptors (Lipinski definition) is 4. The topological polar surface area (TPSA) is 55.8 Å². The summed E-state index contributed by atoms with van der Waals surface area (Å²) in [5.41, 5.74) is -0.00801. The Morgan fingerprint density at radius 1 is 1.47 bits per heavy atom. The summed E-state index contributed by atoms with van der Waals surface area (Å²) in [5.74, 6) is -0.511. The van der Waals surface area contributed by atoms with Gasteiger partial charge in [0.1, 0.15) is 0 Å². The molecule has 0 aromatic rings. The molecule has 2 atom stereocenters. The smallest absolute Gasteiger partial charge is 0.329 e. The van der Waals surface area contributed by atoms with Gasteiger partial charge in [0.05, 0.1) is 12.5 Å². The van der Waals surface area contributed by atoms with Gasteiger partial charge in [-0.05, 0) is 24.4 Å². The summed E-state index contributed by atoms with van der Waals surface area (Å²) >= 11 is 0. The summed E-state index contributed by atoms with van der Waals surface area (Å²) < 4.78 is 5.81. The van der Waals surface area contributed by atoms with Crippen LogP contribution in [0.1, 0.15) is 27.7 Å². The Hall–Kier alpha value is -0.883. The van der Waals surface area contributed by atoms with Crippen molar-refractivity contribution < 1.29 is 18.9 Å². The van der Waals surface area contributed by atoms with Gasteiger partial charge in [-0.3, -0.25) is 9.59 Å². The predicted molar refractivity (Wildman–Crippen MR) is 74.7 cm³/mol. The summed E-state index contributed by atoms with van der Waals surface area (Å²) in [6.07, 6.45) is 0. The molecule has 0 aliphatic carbocycles. The molecule has 1 amide bonds. The lowest BCUT2D eigenvalue weighted by Gasteiger charge is -2.45. The Balaban J connectivity index is 2.64. The fourth-order valence-corrected chi connectivity index (χ4v) is 2.81. The first kappa shape index (κ1) is 16.2. The van der Waals surface area contributed by atoms with Crippen molar-refractivity contribution in [1.82, 2.24) is 5.06 Å². The zero-order chi connectivity index (χ0) is 14.8. The lowest BCUT2D eigenvalue weighted by molar-refractivity contribution is -0.226. The number of hydrogen-bond donors (Lipinski definition) is 0. The zero-order valence-corrected chi connectivity index (χ0v) is 13.9. The quantitative estimate of drug-likeness (QED) is 0.569. The number of β-lactam (4-membered cyclic amide) rings is 1. The van der Waals surface area contributed by atoms with E-state index in [2.05, 4.69) is 33.9 Å². The van der Waals surface area contributed by atoms with Crippen molar-refractivity contribution in [1.29, 1.82) is 0 Å². The van der Waals surface area contributed by atoms with Crippen LogP contribution >= 0.6 is 0 Å². The minimum Gasteiger partial charge on any atom is -0.420 e. The Morgan fingerprint density at radius 3 is 2.42 bits per heavy atom. The summed E-state index contributed by atoms with van der Waals surface area (Å²) in [5, 5.41) is 1.15. The van der Waals surface area contributed by atoms with E-state index in [1.54, 1.807) is 0 Å². The highest BCUT2D eigenvalue weighted by Gasteiger charge is 2.48. The summed E-state index contributed by atoms with van der Waals surface area (Å²) in [6.45, 7) is 13.0. The predicted octanol–water partition coefficient (Wildman–Crippen LogP) is 1.59. The molecule has 1 heterocycles. The molecule has 1 saturated heterocycles. The highest BCUT2D eigenvalue weighted by Crippen LogP contribution is 2.38. The van der Waals surface area contributed by atoms with Gasteiger partial charge in [0.2, 0.25) is 0 Å². The molecule has 1 aliphatic heterocycles. The van der Waals surface area contributed by atoms with Crippen LogP contribution in [0, 0.1) is 17.3 Å². The fourth-order valence-electron chi connectivity index (χ4n) is 2.22. The van der Waals surface area contributed by atoms with Gasteiger partial charge in [0.15, 0.2) is 9.04 Å². The lowest BCUT2D eigenvalue weighted by Crippen LogP contribution is -2.58. The van der Waals surface area contributed by atoms with Crippen LogP contribution in [0.5, 0.6) is 0 Å². The van der Waals surface area contributed by atoms with Crippen LogP contribution in [0.15, 0.2) is 0 Å². The molecule has 110 valence electrons. The van der Waals surface area contributed by atoms with Gasteiger partial charge in [-0.1, -0.05) is 20.8 Å². The summed E-state index contributed by atoms with van der Waals surface area (Å²) in [7, 11) is -1.10. The second kappa shape index (κ2) is 6.05. The van der Waals surface area contributed by atoms with Crippen molar-refractivity contribution in [2.24, 2.45) is 17.3 Å². The molecular weight excluding hydrogens is 262 g/mol. The van der Waals surface area contributed by atoms with E-state index < -0.39 is 15.0 Å². The first-order valence-electron chi connectivity index (χ1n) is 6.74. The molecule has 19 heavy (non-hydrogen) atoms. The number of carbonyl (C=O) groups is 2. The van der Waals surface area contributed by atoms with E-state index in [4.69, 9.17) is 9.26 Å². The van der Waals surface area contributed by atoms with Crippen LogP contribution in [-0.2, 0) is 18.9 Å². The molecule has 0 bridgehead atoms. The first-order chi connectivity index (χ1) is 8.62. The molecular formula is C13H25NO4Si. The van der Waals surface area contributed by atoms with Crippen molar-refractivity contribution in [3.05, 3.63) is 0 Å². The number of amides is 1. The highest BCUT2D eigenvalue weighted by atomic mass is 28.3. The van der Waals surface area contributed by atoms with E-state index in [9.17, 15) is 9.59 Å². The van der Waals surface area contributed by atoms with Gasteiger partial charge in [-0.2, -0.15) is 5.06 Å². The van der Waals surface area contributed by atoms with Crippen LogP contribution in [0.2, 0.25) is 13.1 Å². The third-order valence-corrected chi connectivity index (χ3v) is 4.23. The molecule has 5 nitrogen and oxygen atoms in total. The van der Waals surface area contributed by atoms with E-state index >= 15 is 0 Å². The molecule has 1 rings (SSSR count). The van der Waals surface area contributed by atoms with Gasteiger partial charge in [0.25, 0.3) is 5.91 Å². The SMILES string of the molecule is CC(=O)ON1C[C@@H]([C@@H](CO[SiH](C)C)C(C)(C)C)C1=O. The largest absolute Gasteiger partial charge is 0.420 e. The van der Waals surface area contributed by atoms with E-state index in [-0.39, 0.29) is 23.2 Å². The van der Waals surface area contributed by atoms with Gasteiger partial charge in [-0.15, -0.1) is 0 Å². The van der Waals surface area contributed by atoms with Crippen molar-refractivity contribution >= 4 is 20.9 Å². The average Bonchev–Trinajstić information content (AvgIpc) is 2.23. The number of carbonyl (C=O) groups excluding carboxylic acids is 2. The molecule has 0 unspecified atom stereocenters. The van der Waals surface area contributed by atoms with Crippen LogP contribution in [0.3, 0.4) is 0 Å². The van der Waals surface area contributed by atoms with Gasteiger partial charge in [-0.25, -0.2) is 0 Å². The monoisotopic (exact) mass is 287 g/mol. The maximum Gasteiger partial charge on any atom is 0.329 e. The number of hydroxylamine groups is 2. The number of nitrogens with zero attached hydrogens (tertiary/aromatic N) is 1. The highest BCUT2D eigenvalue weighted by molar-refractivity contribution is 6.48. The van der Waals surface area contributed by atoms with Crippen molar-refractivity contribution in [2.45, 2.75) is 40.8 Å². The van der Waals surface area contributed by atoms with Crippen LogP contribution < -0.4 is 0 Å². The van der Waals surface area contributed by atoms with Crippen LogP contribution in [0.4, 0.5) is 0 Å². The Bertz CT molecular complexity index is 351. The summed E-state index contributed by atoms with van der Waals surface area (Å²) in [6, 6.07) is 0. The van der Waals surface area contributed by atoms with E-state index in [1.807, 2.05) is 0 Å². The maximum atomic E-state index is 12.0. The Labute approximate surface area is 116 Å². The molecule has 0 aromatic carbocycles. The van der Waals surface area contributed by atoms with Crippen molar-refractivity contribution in [3.63, 3.8) is 0 Å². The molecule has 0 radical (unpaired) electrons. The minimum absolute atomic E-state index is 0.00801. The fraction of sp³-hybridized carbons (Fsp3) is 0.846. The standard InChI is InChI=1S/C13H25NO4Si/c1-9(15)18-14-7-10(12(14)16)11(13(2,3)4)8-17-19(5)6/h10-11,19H,7-8H2,1-6H3/t10-,11+/m0/s1. The zero-order valence-electron chi connectivity index (χ0n) is 12.7. The second-order valence-corrected chi connectivity index (χ2v) is 8.87. The van der Waals surface area contributed by atoms with E-state index in [0.717, 1.165) is 5.06 Å². The third-order valence-electron chi connectivity index (χ3n) is 3.37. The lowest BCUT2D eigenvalue weighted by atomic mass is 9.71. The van der Waals surface area contributed by atoms with Gasteiger partial charge < -0.3 is 9.26 Å². The van der Waals surface area contributed by atoms with Crippen LogP contribution in [-0.4, -0.2) is 39.1 Å². The Morgan fingerprint density at radius 2 is 2.05 bits per heavy atom. The molecule has 0 N–H and O–H groups in total. The van der Waals surface area contributed by atoms with Crippen molar-refractivity contribution in [3.8, 4) is 0 Å². The molecule has 0 saturated carbocycles. The van der Waals surface area contributed by atoms with E-state index in [0.29, 0.717) is 13.2 Å². The molecule has 0 aromatic heterocycles. The van der Waals surface area contributed by atoms with Gasteiger partial charge >= 0.3 is 5.97 Å². The average molecular weight is 287 g/mol. The number of rotatable bonds is 5. The normalized spacial score (nSPS) is 21.3. The molecule has 1 fully saturated rings. The van der Waals surface area contributed by atoms with Crippen LogP contribution in [0.25, 0.3) is 0 Å². The Kier molecular flexibility index (Phi) is 5.15. The van der Waals surface area contributed by atoms with E-state index in [1.165, 1.54) is 6.92 Å². The van der Waals surface area contributed by atoms with Gasteiger partial charge in [0, 0.05) is 13.5 Å². The minimum atomic E-state index is -1.10. The molecule has 6 heteroatoms. The molecule has 1 aliphatic rings. The van der Waals surface area contributed by atoms with Crippen molar-refractivity contribution in [2.75, 3.05) is 13.2 Å². The first-order valence-corrected chi connectivity index (χ1v) is 9.52. The maximum absolute atomic E-state index is 12.0. The summed E-state index contributed by atoms with van der Waals surface area (Å²) in [4.78, 5) is 27.7. The third kappa shape index (κ3) is 4.31.